The van der Waals surface area contributed by atoms with Gasteiger partial charge in [-0.05, 0) is 36.6 Å². The zero-order valence-electron chi connectivity index (χ0n) is 10.9. The van der Waals surface area contributed by atoms with Crippen molar-refractivity contribution in [2.75, 3.05) is 0 Å². The van der Waals surface area contributed by atoms with Crippen molar-refractivity contribution in [3.8, 4) is 0 Å². The van der Waals surface area contributed by atoms with Crippen molar-refractivity contribution in [1.82, 2.24) is 0 Å². The van der Waals surface area contributed by atoms with E-state index >= 15 is 0 Å². The van der Waals surface area contributed by atoms with Gasteiger partial charge >= 0.3 is 0 Å². The molecule has 0 aliphatic carbocycles. The molecule has 0 spiro atoms. The van der Waals surface area contributed by atoms with Crippen molar-refractivity contribution in [3.63, 3.8) is 0 Å². The van der Waals surface area contributed by atoms with Crippen LogP contribution in [0.3, 0.4) is 0 Å². The molecule has 2 rings (SSSR count). The predicted octanol–water partition coefficient (Wildman–Crippen LogP) is 3.21. The van der Waals surface area contributed by atoms with E-state index in [1.54, 1.807) is 0 Å². The standard InChI is InChI=1S/C16H18N2/c1-12-8-9-15(10-13(12)2)16(17)18-11-14-6-4-3-5-7-14/h3-10H,11H2,1-2H3,(H2,17,18). The van der Waals surface area contributed by atoms with Crippen LogP contribution < -0.4 is 5.73 Å². The lowest BCUT2D eigenvalue weighted by Crippen LogP contribution is -2.14. The highest BCUT2D eigenvalue weighted by molar-refractivity contribution is 5.97. The van der Waals surface area contributed by atoms with Gasteiger partial charge in [0.15, 0.2) is 0 Å². The Bertz CT molecular complexity index is 557. The van der Waals surface area contributed by atoms with Crippen LogP contribution in [0.5, 0.6) is 0 Å². The average Bonchev–Trinajstić information content (AvgIpc) is 2.40. The highest BCUT2D eigenvalue weighted by Crippen LogP contribution is 2.10. The van der Waals surface area contributed by atoms with Crippen molar-refractivity contribution >= 4 is 5.84 Å². The minimum Gasteiger partial charge on any atom is -0.383 e. The molecule has 0 aromatic heterocycles. The van der Waals surface area contributed by atoms with E-state index in [0.29, 0.717) is 12.4 Å². The molecule has 0 atom stereocenters. The van der Waals surface area contributed by atoms with Gasteiger partial charge < -0.3 is 5.73 Å². The van der Waals surface area contributed by atoms with Gasteiger partial charge in [-0.1, -0.05) is 42.5 Å². The molecule has 0 aliphatic heterocycles. The summed E-state index contributed by atoms with van der Waals surface area (Å²) in [5, 5.41) is 0. The molecule has 2 aromatic carbocycles. The molecule has 0 unspecified atom stereocenters. The van der Waals surface area contributed by atoms with Gasteiger partial charge in [0.1, 0.15) is 5.84 Å². The van der Waals surface area contributed by atoms with E-state index in [1.165, 1.54) is 16.7 Å². The zero-order valence-corrected chi connectivity index (χ0v) is 10.9. The van der Waals surface area contributed by atoms with Crippen molar-refractivity contribution in [2.24, 2.45) is 10.7 Å². The molecule has 0 bridgehead atoms. The minimum atomic E-state index is 0.599. The van der Waals surface area contributed by atoms with E-state index in [2.05, 4.69) is 43.1 Å². The highest BCUT2D eigenvalue weighted by atomic mass is 14.8. The van der Waals surface area contributed by atoms with E-state index in [-0.39, 0.29) is 0 Å². The zero-order chi connectivity index (χ0) is 13.0. The SMILES string of the molecule is Cc1ccc(C(N)=NCc2ccccc2)cc1C. The summed E-state index contributed by atoms with van der Waals surface area (Å²) < 4.78 is 0. The van der Waals surface area contributed by atoms with Gasteiger partial charge in [-0.2, -0.15) is 0 Å². The average molecular weight is 238 g/mol. The van der Waals surface area contributed by atoms with Gasteiger partial charge in [0.2, 0.25) is 0 Å². The van der Waals surface area contributed by atoms with E-state index in [4.69, 9.17) is 5.73 Å². The second kappa shape index (κ2) is 5.50. The first-order chi connectivity index (χ1) is 8.66. The number of aryl methyl sites for hydroxylation is 2. The van der Waals surface area contributed by atoms with Gasteiger partial charge in [-0.3, -0.25) is 4.99 Å². The van der Waals surface area contributed by atoms with Crippen LogP contribution in [0.4, 0.5) is 0 Å². The minimum absolute atomic E-state index is 0.599. The fourth-order valence-electron chi connectivity index (χ4n) is 1.75. The number of nitrogens with zero attached hydrogens (tertiary/aromatic N) is 1. The number of hydrogen-bond acceptors (Lipinski definition) is 1. The van der Waals surface area contributed by atoms with Crippen LogP contribution in [-0.4, -0.2) is 5.84 Å². The first-order valence-electron chi connectivity index (χ1n) is 6.08. The summed E-state index contributed by atoms with van der Waals surface area (Å²) in [6.07, 6.45) is 0. The van der Waals surface area contributed by atoms with E-state index < -0.39 is 0 Å². The Morgan fingerprint density at radius 3 is 2.39 bits per heavy atom. The summed E-state index contributed by atoms with van der Waals surface area (Å²) in [6.45, 7) is 4.80. The topological polar surface area (TPSA) is 38.4 Å². The van der Waals surface area contributed by atoms with Crippen molar-refractivity contribution < 1.29 is 0 Å². The Morgan fingerprint density at radius 2 is 1.72 bits per heavy atom. The molecule has 0 heterocycles. The second-order valence-corrected chi connectivity index (χ2v) is 4.49. The van der Waals surface area contributed by atoms with Crippen LogP contribution in [0.25, 0.3) is 0 Å². The Hall–Kier alpha value is -2.09. The van der Waals surface area contributed by atoms with Crippen molar-refractivity contribution in [1.29, 1.82) is 0 Å². The number of benzene rings is 2. The monoisotopic (exact) mass is 238 g/mol. The number of amidine groups is 1. The Kier molecular flexibility index (Phi) is 3.78. The molecule has 0 radical (unpaired) electrons. The maximum absolute atomic E-state index is 6.01. The van der Waals surface area contributed by atoms with E-state index in [9.17, 15) is 0 Å². The van der Waals surface area contributed by atoms with Gasteiger partial charge in [-0.25, -0.2) is 0 Å². The normalized spacial score (nSPS) is 11.6. The first-order valence-corrected chi connectivity index (χ1v) is 6.08. The molecule has 0 aliphatic rings. The number of nitrogens with two attached hydrogens (primary N) is 1. The maximum Gasteiger partial charge on any atom is 0.125 e. The Labute approximate surface area is 108 Å². The maximum atomic E-state index is 6.01. The summed E-state index contributed by atoms with van der Waals surface area (Å²) >= 11 is 0. The summed E-state index contributed by atoms with van der Waals surface area (Å²) in [5.41, 5.74) is 10.7. The van der Waals surface area contributed by atoms with Gasteiger partial charge in [0, 0.05) is 5.56 Å². The molecule has 92 valence electrons. The molecular weight excluding hydrogens is 220 g/mol. The van der Waals surface area contributed by atoms with Crippen LogP contribution in [0.1, 0.15) is 22.3 Å². The van der Waals surface area contributed by atoms with Crippen LogP contribution >= 0.6 is 0 Å². The number of hydrogen-bond donors (Lipinski definition) is 1. The summed E-state index contributed by atoms with van der Waals surface area (Å²) in [7, 11) is 0. The Balaban J connectivity index is 2.15. The smallest absolute Gasteiger partial charge is 0.125 e. The van der Waals surface area contributed by atoms with Gasteiger partial charge in [0.25, 0.3) is 0 Å². The molecular formula is C16H18N2. The molecule has 2 N–H and O–H groups in total. The number of rotatable bonds is 3. The van der Waals surface area contributed by atoms with E-state index in [1.807, 2.05) is 24.3 Å². The third-order valence-electron chi connectivity index (χ3n) is 3.08. The van der Waals surface area contributed by atoms with Crippen LogP contribution in [-0.2, 0) is 6.54 Å². The summed E-state index contributed by atoms with van der Waals surface area (Å²) in [5.74, 6) is 0.599. The van der Waals surface area contributed by atoms with Crippen molar-refractivity contribution in [3.05, 3.63) is 70.8 Å². The van der Waals surface area contributed by atoms with Gasteiger partial charge in [0.05, 0.1) is 6.54 Å². The quantitative estimate of drug-likeness (QED) is 0.647. The summed E-state index contributed by atoms with van der Waals surface area (Å²) in [4.78, 5) is 4.43. The van der Waals surface area contributed by atoms with Crippen LogP contribution in [0, 0.1) is 13.8 Å². The fourth-order valence-corrected chi connectivity index (χ4v) is 1.75. The van der Waals surface area contributed by atoms with E-state index in [0.717, 1.165) is 5.56 Å². The van der Waals surface area contributed by atoms with Gasteiger partial charge in [-0.15, -0.1) is 0 Å². The number of aliphatic imine (C=N–C) groups is 1. The van der Waals surface area contributed by atoms with Crippen LogP contribution in [0.2, 0.25) is 0 Å². The van der Waals surface area contributed by atoms with Crippen LogP contribution in [0.15, 0.2) is 53.5 Å². The lowest BCUT2D eigenvalue weighted by Gasteiger charge is -2.05. The molecule has 0 amide bonds. The molecule has 2 heteroatoms. The Morgan fingerprint density at radius 1 is 1.00 bits per heavy atom. The third kappa shape index (κ3) is 2.98. The third-order valence-corrected chi connectivity index (χ3v) is 3.08. The lowest BCUT2D eigenvalue weighted by molar-refractivity contribution is 1.06. The lowest BCUT2D eigenvalue weighted by atomic mass is 10.1. The van der Waals surface area contributed by atoms with Crippen molar-refractivity contribution in [2.45, 2.75) is 20.4 Å². The summed E-state index contributed by atoms with van der Waals surface area (Å²) in [6, 6.07) is 16.3. The molecule has 0 saturated heterocycles. The first kappa shape index (κ1) is 12.4. The largest absolute Gasteiger partial charge is 0.383 e. The molecule has 0 fully saturated rings. The predicted molar refractivity (Wildman–Crippen MR) is 76.8 cm³/mol. The second-order valence-electron chi connectivity index (χ2n) is 4.49. The molecule has 0 saturated carbocycles. The molecule has 2 nitrogen and oxygen atoms in total. The molecule has 18 heavy (non-hydrogen) atoms. The highest BCUT2D eigenvalue weighted by Gasteiger charge is 2.00. The fraction of sp³-hybridized carbons (Fsp3) is 0.188. The molecule has 2 aromatic rings.